The SMILES string of the molecule is CC1CCCC1(CN)c1cnnn1C. The van der Waals surface area contributed by atoms with Crippen molar-refractivity contribution in [3.63, 3.8) is 0 Å². The van der Waals surface area contributed by atoms with Crippen LogP contribution in [0.2, 0.25) is 0 Å². The number of aryl methyl sites for hydroxylation is 1. The summed E-state index contributed by atoms with van der Waals surface area (Å²) < 4.78 is 1.87. The largest absolute Gasteiger partial charge is 0.330 e. The molecular formula is C10H18N4. The van der Waals surface area contributed by atoms with E-state index in [0.29, 0.717) is 12.5 Å². The van der Waals surface area contributed by atoms with Gasteiger partial charge in [0.1, 0.15) is 0 Å². The van der Waals surface area contributed by atoms with E-state index in [2.05, 4.69) is 17.2 Å². The molecule has 0 aromatic carbocycles. The molecule has 1 aromatic heterocycles. The molecule has 78 valence electrons. The highest BCUT2D eigenvalue weighted by Gasteiger charge is 2.42. The number of nitrogens with two attached hydrogens (primary N) is 1. The molecule has 0 radical (unpaired) electrons. The van der Waals surface area contributed by atoms with E-state index in [-0.39, 0.29) is 5.41 Å². The molecule has 1 aliphatic rings. The smallest absolute Gasteiger partial charge is 0.0731 e. The summed E-state index contributed by atoms with van der Waals surface area (Å²) in [6, 6.07) is 0. The van der Waals surface area contributed by atoms with Gasteiger partial charge in [-0.1, -0.05) is 18.6 Å². The second-order valence-corrected chi connectivity index (χ2v) is 4.40. The van der Waals surface area contributed by atoms with Gasteiger partial charge in [-0.3, -0.25) is 4.68 Å². The molecule has 0 amide bonds. The molecule has 0 bridgehead atoms. The van der Waals surface area contributed by atoms with E-state index in [4.69, 9.17) is 5.73 Å². The molecule has 0 saturated heterocycles. The van der Waals surface area contributed by atoms with Gasteiger partial charge < -0.3 is 5.73 Å². The van der Waals surface area contributed by atoms with Gasteiger partial charge in [0.2, 0.25) is 0 Å². The van der Waals surface area contributed by atoms with E-state index in [1.165, 1.54) is 25.0 Å². The zero-order chi connectivity index (χ0) is 10.2. The molecule has 2 N–H and O–H groups in total. The Labute approximate surface area is 84.5 Å². The van der Waals surface area contributed by atoms with Crippen LogP contribution in [0.1, 0.15) is 31.9 Å². The monoisotopic (exact) mass is 194 g/mol. The van der Waals surface area contributed by atoms with E-state index in [0.717, 1.165) is 0 Å². The van der Waals surface area contributed by atoms with Crippen LogP contribution in [0.4, 0.5) is 0 Å². The molecule has 1 saturated carbocycles. The van der Waals surface area contributed by atoms with Crippen molar-refractivity contribution in [2.24, 2.45) is 18.7 Å². The fourth-order valence-corrected chi connectivity index (χ4v) is 2.78. The van der Waals surface area contributed by atoms with Gasteiger partial charge >= 0.3 is 0 Å². The standard InChI is InChI=1S/C10H18N4/c1-8-4-3-5-10(8,7-11)9-6-12-13-14(9)2/h6,8H,3-5,7,11H2,1-2H3. The molecule has 1 aliphatic carbocycles. The summed E-state index contributed by atoms with van der Waals surface area (Å²) in [4.78, 5) is 0. The maximum absolute atomic E-state index is 5.95. The van der Waals surface area contributed by atoms with Crippen molar-refractivity contribution < 1.29 is 0 Å². The molecule has 1 heterocycles. The summed E-state index contributed by atoms with van der Waals surface area (Å²) in [5.41, 5.74) is 7.27. The van der Waals surface area contributed by atoms with Gasteiger partial charge in [-0.25, -0.2) is 0 Å². The van der Waals surface area contributed by atoms with Gasteiger partial charge in [-0.2, -0.15) is 0 Å². The topological polar surface area (TPSA) is 56.7 Å². The van der Waals surface area contributed by atoms with Crippen molar-refractivity contribution in [1.82, 2.24) is 15.0 Å². The Kier molecular flexibility index (Phi) is 2.31. The molecule has 2 atom stereocenters. The number of hydrogen-bond donors (Lipinski definition) is 1. The first kappa shape index (κ1) is 9.65. The fourth-order valence-electron chi connectivity index (χ4n) is 2.78. The van der Waals surface area contributed by atoms with Crippen LogP contribution in [-0.2, 0) is 12.5 Å². The van der Waals surface area contributed by atoms with Crippen LogP contribution >= 0.6 is 0 Å². The second-order valence-electron chi connectivity index (χ2n) is 4.40. The lowest BCUT2D eigenvalue weighted by atomic mass is 9.76. The van der Waals surface area contributed by atoms with Crippen LogP contribution in [0.3, 0.4) is 0 Å². The molecule has 2 rings (SSSR count). The number of rotatable bonds is 2. The summed E-state index contributed by atoms with van der Waals surface area (Å²) in [7, 11) is 1.95. The first-order chi connectivity index (χ1) is 6.70. The first-order valence-electron chi connectivity index (χ1n) is 5.26. The van der Waals surface area contributed by atoms with Gasteiger partial charge in [0.15, 0.2) is 0 Å². The molecule has 4 heteroatoms. The quantitative estimate of drug-likeness (QED) is 0.758. The lowest BCUT2D eigenvalue weighted by Crippen LogP contribution is -2.39. The van der Waals surface area contributed by atoms with E-state index >= 15 is 0 Å². The molecule has 0 aliphatic heterocycles. The molecule has 1 aromatic rings. The van der Waals surface area contributed by atoms with Gasteiger partial charge in [-0.05, 0) is 18.8 Å². The highest BCUT2D eigenvalue weighted by atomic mass is 15.4. The van der Waals surface area contributed by atoms with E-state index in [9.17, 15) is 0 Å². The summed E-state index contributed by atoms with van der Waals surface area (Å²) in [6.45, 7) is 2.99. The average Bonchev–Trinajstić information content (AvgIpc) is 2.73. The highest BCUT2D eigenvalue weighted by molar-refractivity contribution is 5.18. The predicted octanol–water partition coefficient (Wildman–Crippen LogP) is 0.832. The first-order valence-corrected chi connectivity index (χ1v) is 5.26. The minimum absolute atomic E-state index is 0.123. The molecule has 1 fully saturated rings. The van der Waals surface area contributed by atoms with Gasteiger partial charge in [0, 0.05) is 19.0 Å². The number of aromatic nitrogens is 3. The maximum Gasteiger partial charge on any atom is 0.0731 e. The van der Waals surface area contributed by atoms with Crippen molar-refractivity contribution >= 4 is 0 Å². The minimum atomic E-state index is 0.123. The lowest BCUT2D eigenvalue weighted by Gasteiger charge is -2.31. The van der Waals surface area contributed by atoms with Crippen molar-refractivity contribution in [2.75, 3.05) is 6.54 Å². The van der Waals surface area contributed by atoms with Crippen molar-refractivity contribution in [1.29, 1.82) is 0 Å². The van der Waals surface area contributed by atoms with Crippen molar-refractivity contribution in [3.05, 3.63) is 11.9 Å². The Morgan fingerprint density at radius 1 is 1.71 bits per heavy atom. The van der Waals surface area contributed by atoms with Gasteiger partial charge in [-0.15, -0.1) is 5.10 Å². The average molecular weight is 194 g/mol. The number of nitrogens with zero attached hydrogens (tertiary/aromatic N) is 3. The van der Waals surface area contributed by atoms with Crippen LogP contribution in [-0.4, -0.2) is 21.5 Å². The highest BCUT2D eigenvalue weighted by Crippen LogP contribution is 2.44. The summed E-state index contributed by atoms with van der Waals surface area (Å²) in [5.74, 6) is 0.643. The van der Waals surface area contributed by atoms with Gasteiger partial charge in [0.05, 0.1) is 11.9 Å². The Bertz CT molecular complexity index is 320. The lowest BCUT2D eigenvalue weighted by molar-refractivity contribution is 0.324. The Morgan fingerprint density at radius 2 is 2.50 bits per heavy atom. The van der Waals surface area contributed by atoms with Crippen LogP contribution < -0.4 is 5.73 Å². The molecule has 0 spiro atoms. The van der Waals surface area contributed by atoms with E-state index < -0.39 is 0 Å². The van der Waals surface area contributed by atoms with Gasteiger partial charge in [0.25, 0.3) is 0 Å². The van der Waals surface area contributed by atoms with Crippen LogP contribution in [0.5, 0.6) is 0 Å². The summed E-state index contributed by atoms with van der Waals surface area (Å²) in [5, 5.41) is 7.95. The van der Waals surface area contributed by atoms with E-state index in [1.807, 2.05) is 17.9 Å². The summed E-state index contributed by atoms with van der Waals surface area (Å²) in [6.07, 6.45) is 5.58. The van der Waals surface area contributed by atoms with Crippen LogP contribution in [0.15, 0.2) is 6.20 Å². The Morgan fingerprint density at radius 3 is 2.93 bits per heavy atom. The third kappa shape index (κ3) is 1.17. The molecule has 4 nitrogen and oxygen atoms in total. The van der Waals surface area contributed by atoms with Crippen LogP contribution in [0, 0.1) is 5.92 Å². The van der Waals surface area contributed by atoms with Crippen LogP contribution in [0.25, 0.3) is 0 Å². The third-order valence-electron chi connectivity index (χ3n) is 3.79. The van der Waals surface area contributed by atoms with Crippen molar-refractivity contribution in [3.8, 4) is 0 Å². The second kappa shape index (κ2) is 3.35. The minimum Gasteiger partial charge on any atom is -0.330 e. The molecule has 14 heavy (non-hydrogen) atoms. The molecular weight excluding hydrogens is 176 g/mol. The zero-order valence-electron chi connectivity index (χ0n) is 8.90. The Hall–Kier alpha value is -0.900. The fraction of sp³-hybridized carbons (Fsp3) is 0.800. The maximum atomic E-state index is 5.95. The predicted molar refractivity (Wildman–Crippen MR) is 54.8 cm³/mol. The third-order valence-corrected chi connectivity index (χ3v) is 3.79. The zero-order valence-corrected chi connectivity index (χ0v) is 8.90. The molecule has 2 unspecified atom stereocenters. The normalized spacial score (nSPS) is 32.4. The van der Waals surface area contributed by atoms with E-state index in [1.54, 1.807) is 0 Å². The summed E-state index contributed by atoms with van der Waals surface area (Å²) >= 11 is 0. The number of hydrogen-bond acceptors (Lipinski definition) is 3. The Balaban J connectivity index is 2.42. The van der Waals surface area contributed by atoms with Crippen molar-refractivity contribution in [2.45, 2.75) is 31.6 Å².